The summed E-state index contributed by atoms with van der Waals surface area (Å²) in [7, 11) is 0. The molecule has 86 valence electrons. The summed E-state index contributed by atoms with van der Waals surface area (Å²) in [4.78, 5) is 7.33. The fourth-order valence-corrected chi connectivity index (χ4v) is 3.43. The van der Waals surface area contributed by atoms with Gasteiger partial charge in [0.15, 0.2) is 0 Å². The second-order valence-electron chi connectivity index (χ2n) is 3.99. The van der Waals surface area contributed by atoms with Crippen LogP contribution in [0.3, 0.4) is 0 Å². The van der Waals surface area contributed by atoms with Crippen molar-refractivity contribution < 1.29 is 0 Å². The van der Waals surface area contributed by atoms with Crippen LogP contribution in [0, 0.1) is 0 Å². The SMILES string of the molecule is CC(C)c1nc(-c2cccs2)c(CCN)s1. The van der Waals surface area contributed by atoms with Crippen molar-refractivity contribution in [3.8, 4) is 10.6 Å². The summed E-state index contributed by atoms with van der Waals surface area (Å²) in [5, 5.41) is 3.31. The zero-order chi connectivity index (χ0) is 11.5. The molecule has 0 saturated heterocycles. The third-order valence-electron chi connectivity index (χ3n) is 2.33. The number of nitrogens with two attached hydrogens (primary N) is 1. The highest BCUT2D eigenvalue weighted by Crippen LogP contribution is 2.34. The van der Waals surface area contributed by atoms with Gasteiger partial charge in [0.05, 0.1) is 15.6 Å². The fraction of sp³-hybridized carbons (Fsp3) is 0.417. The largest absolute Gasteiger partial charge is 0.330 e. The Bertz CT molecular complexity index is 444. The van der Waals surface area contributed by atoms with Crippen LogP contribution in [-0.4, -0.2) is 11.5 Å². The zero-order valence-electron chi connectivity index (χ0n) is 9.56. The molecule has 0 aliphatic rings. The lowest BCUT2D eigenvalue weighted by molar-refractivity contribution is 0.853. The van der Waals surface area contributed by atoms with Crippen molar-refractivity contribution in [1.29, 1.82) is 0 Å². The van der Waals surface area contributed by atoms with Gasteiger partial charge in [-0.15, -0.1) is 22.7 Å². The molecule has 0 saturated carbocycles. The minimum Gasteiger partial charge on any atom is -0.330 e. The van der Waals surface area contributed by atoms with Crippen LogP contribution in [0.2, 0.25) is 0 Å². The molecule has 2 aromatic heterocycles. The minimum absolute atomic E-state index is 0.496. The first-order chi connectivity index (χ1) is 7.72. The van der Waals surface area contributed by atoms with E-state index in [1.165, 1.54) is 14.8 Å². The van der Waals surface area contributed by atoms with Crippen molar-refractivity contribution in [2.75, 3.05) is 6.54 Å². The van der Waals surface area contributed by atoms with Crippen molar-refractivity contribution in [2.24, 2.45) is 5.73 Å². The molecule has 2 rings (SSSR count). The topological polar surface area (TPSA) is 38.9 Å². The van der Waals surface area contributed by atoms with Crippen molar-refractivity contribution in [3.63, 3.8) is 0 Å². The van der Waals surface area contributed by atoms with Crippen LogP contribution in [0.1, 0.15) is 29.7 Å². The van der Waals surface area contributed by atoms with Gasteiger partial charge in [0.25, 0.3) is 0 Å². The van der Waals surface area contributed by atoms with Crippen LogP contribution in [0.25, 0.3) is 10.6 Å². The first-order valence-corrected chi connectivity index (χ1v) is 7.15. The maximum absolute atomic E-state index is 5.65. The molecule has 2 heterocycles. The molecule has 0 atom stereocenters. The Morgan fingerprint density at radius 1 is 1.44 bits per heavy atom. The van der Waals surface area contributed by atoms with Gasteiger partial charge in [0, 0.05) is 10.8 Å². The molecular weight excluding hydrogens is 236 g/mol. The highest BCUT2D eigenvalue weighted by Gasteiger charge is 2.14. The molecule has 0 unspecified atom stereocenters. The molecule has 0 aliphatic carbocycles. The number of rotatable bonds is 4. The molecule has 0 radical (unpaired) electrons. The highest BCUT2D eigenvalue weighted by atomic mass is 32.1. The molecule has 2 N–H and O–H groups in total. The quantitative estimate of drug-likeness (QED) is 0.904. The van der Waals surface area contributed by atoms with Crippen LogP contribution in [0.15, 0.2) is 17.5 Å². The van der Waals surface area contributed by atoms with Gasteiger partial charge in [0.1, 0.15) is 0 Å². The lowest BCUT2D eigenvalue weighted by Crippen LogP contribution is -2.01. The number of aromatic nitrogens is 1. The molecule has 2 aromatic rings. The summed E-state index contributed by atoms with van der Waals surface area (Å²) >= 11 is 3.55. The average molecular weight is 252 g/mol. The number of hydrogen-bond donors (Lipinski definition) is 1. The van der Waals surface area contributed by atoms with Crippen molar-refractivity contribution in [3.05, 3.63) is 27.4 Å². The van der Waals surface area contributed by atoms with E-state index in [1.807, 2.05) is 0 Å². The lowest BCUT2D eigenvalue weighted by atomic mass is 10.2. The Morgan fingerprint density at radius 3 is 2.81 bits per heavy atom. The van der Waals surface area contributed by atoms with E-state index < -0.39 is 0 Å². The molecular formula is C12H16N2S2. The van der Waals surface area contributed by atoms with Crippen LogP contribution < -0.4 is 5.73 Å². The van der Waals surface area contributed by atoms with Gasteiger partial charge in [-0.25, -0.2) is 4.98 Å². The molecule has 4 heteroatoms. The summed E-state index contributed by atoms with van der Waals surface area (Å²) in [5.41, 5.74) is 6.80. The average Bonchev–Trinajstić information content (AvgIpc) is 2.84. The Hall–Kier alpha value is -0.710. The van der Waals surface area contributed by atoms with Crippen LogP contribution >= 0.6 is 22.7 Å². The van der Waals surface area contributed by atoms with Gasteiger partial charge in [-0.05, 0) is 24.4 Å². The monoisotopic (exact) mass is 252 g/mol. The van der Waals surface area contributed by atoms with Crippen LogP contribution in [0.4, 0.5) is 0 Å². The highest BCUT2D eigenvalue weighted by molar-refractivity contribution is 7.15. The third kappa shape index (κ3) is 2.34. The first kappa shape index (κ1) is 11.8. The predicted molar refractivity (Wildman–Crippen MR) is 72.3 cm³/mol. The summed E-state index contributed by atoms with van der Waals surface area (Å²) < 4.78 is 0. The van der Waals surface area contributed by atoms with E-state index in [0.717, 1.165) is 12.1 Å². The molecule has 0 bridgehead atoms. The summed E-state index contributed by atoms with van der Waals surface area (Å²) in [5.74, 6) is 0.496. The number of hydrogen-bond acceptors (Lipinski definition) is 4. The van der Waals surface area contributed by atoms with Crippen LogP contribution in [-0.2, 0) is 6.42 Å². The fourth-order valence-electron chi connectivity index (χ4n) is 1.52. The molecule has 0 amide bonds. The molecule has 0 aromatic carbocycles. The normalized spacial score (nSPS) is 11.2. The van der Waals surface area contributed by atoms with Crippen molar-refractivity contribution >= 4 is 22.7 Å². The van der Waals surface area contributed by atoms with Gasteiger partial charge in [-0.3, -0.25) is 0 Å². The second-order valence-corrected chi connectivity index (χ2v) is 6.06. The summed E-state index contributed by atoms with van der Waals surface area (Å²) in [6.45, 7) is 5.06. The smallest absolute Gasteiger partial charge is 0.0961 e. The van der Waals surface area contributed by atoms with E-state index >= 15 is 0 Å². The van der Waals surface area contributed by atoms with E-state index in [1.54, 1.807) is 22.7 Å². The molecule has 2 nitrogen and oxygen atoms in total. The number of thiazole rings is 1. The maximum Gasteiger partial charge on any atom is 0.0961 e. The summed E-state index contributed by atoms with van der Waals surface area (Å²) in [6, 6.07) is 4.20. The second kappa shape index (κ2) is 5.08. The Kier molecular flexibility index (Phi) is 3.74. The van der Waals surface area contributed by atoms with E-state index in [-0.39, 0.29) is 0 Å². The Morgan fingerprint density at radius 2 is 2.25 bits per heavy atom. The van der Waals surface area contributed by atoms with Gasteiger partial charge < -0.3 is 5.73 Å². The maximum atomic E-state index is 5.65. The third-order valence-corrected chi connectivity index (χ3v) is 4.63. The predicted octanol–water partition coefficient (Wildman–Crippen LogP) is 3.50. The molecule has 0 fully saturated rings. The molecule has 0 aliphatic heterocycles. The van der Waals surface area contributed by atoms with Crippen molar-refractivity contribution in [2.45, 2.75) is 26.2 Å². The first-order valence-electron chi connectivity index (χ1n) is 5.46. The Balaban J connectivity index is 2.42. The van der Waals surface area contributed by atoms with E-state index in [4.69, 9.17) is 10.7 Å². The number of thiophene rings is 1. The molecule has 16 heavy (non-hydrogen) atoms. The van der Waals surface area contributed by atoms with Crippen molar-refractivity contribution in [1.82, 2.24) is 4.98 Å². The Labute approximate surface area is 104 Å². The lowest BCUT2D eigenvalue weighted by Gasteiger charge is -1.96. The molecule has 0 spiro atoms. The zero-order valence-corrected chi connectivity index (χ0v) is 11.2. The van der Waals surface area contributed by atoms with E-state index in [9.17, 15) is 0 Å². The van der Waals surface area contributed by atoms with E-state index in [0.29, 0.717) is 12.5 Å². The van der Waals surface area contributed by atoms with Gasteiger partial charge >= 0.3 is 0 Å². The number of nitrogens with zero attached hydrogens (tertiary/aromatic N) is 1. The minimum atomic E-state index is 0.496. The van der Waals surface area contributed by atoms with E-state index in [2.05, 4.69) is 31.4 Å². The van der Waals surface area contributed by atoms with Crippen LogP contribution in [0.5, 0.6) is 0 Å². The standard InChI is InChI=1S/C12H16N2S2/c1-8(2)12-14-11(9-4-3-7-15-9)10(16-12)5-6-13/h3-4,7-8H,5-6,13H2,1-2H3. The van der Waals surface area contributed by atoms with Gasteiger partial charge in [-0.2, -0.15) is 0 Å². The summed E-state index contributed by atoms with van der Waals surface area (Å²) in [6.07, 6.45) is 0.928. The van der Waals surface area contributed by atoms with Gasteiger partial charge in [-0.1, -0.05) is 19.9 Å². The van der Waals surface area contributed by atoms with Gasteiger partial charge in [0.2, 0.25) is 0 Å².